The summed E-state index contributed by atoms with van der Waals surface area (Å²) < 4.78 is 0.696. The number of nitrogens with zero attached hydrogens (tertiary/aromatic N) is 2. The normalized spacial score (nSPS) is 17.2. The quantitative estimate of drug-likeness (QED) is 0.924. The molecule has 0 saturated heterocycles. The molecule has 21 heavy (non-hydrogen) atoms. The number of rotatable bonds is 3. The topological polar surface area (TPSA) is 71.8 Å². The SMILES string of the molecule is O=C(O)c1cc(Br)cc(C2=NO[C@@H](c3ccccn3)C2)c1. The molecular weight excluding hydrogens is 336 g/mol. The van der Waals surface area contributed by atoms with E-state index in [4.69, 9.17) is 9.94 Å². The van der Waals surface area contributed by atoms with Crippen LogP contribution in [0, 0.1) is 0 Å². The molecule has 3 rings (SSSR count). The molecule has 0 bridgehead atoms. The van der Waals surface area contributed by atoms with Crippen LogP contribution < -0.4 is 0 Å². The van der Waals surface area contributed by atoms with E-state index in [1.807, 2.05) is 24.3 Å². The predicted molar refractivity (Wildman–Crippen MR) is 80.3 cm³/mol. The Kier molecular flexibility index (Phi) is 3.70. The molecule has 0 unspecified atom stereocenters. The van der Waals surface area contributed by atoms with Gasteiger partial charge in [-0.2, -0.15) is 0 Å². The third-order valence-electron chi connectivity index (χ3n) is 3.16. The van der Waals surface area contributed by atoms with Gasteiger partial charge in [-0.1, -0.05) is 27.2 Å². The number of carboxylic acid groups (broad SMARTS) is 1. The Morgan fingerprint density at radius 3 is 2.90 bits per heavy atom. The molecule has 1 atom stereocenters. The largest absolute Gasteiger partial charge is 0.478 e. The Bertz CT molecular complexity index is 716. The molecule has 0 fully saturated rings. The fourth-order valence-corrected chi connectivity index (χ4v) is 2.65. The van der Waals surface area contributed by atoms with Crippen LogP contribution in [0.3, 0.4) is 0 Å². The van der Waals surface area contributed by atoms with Crippen LogP contribution in [0.5, 0.6) is 0 Å². The lowest BCUT2D eigenvalue weighted by atomic mass is 10.0. The van der Waals surface area contributed by atoms with E-state index >= 15 is 0 Å². The average Bonchev–Trinajstić information content (AvgIpc) is 2.97. The first-order valence-corrected chi connectivity index (χ1v) is 7.10. The van der Waals surface area contributed by atoms with Gasteiger partial charge in [0.15, 0.2) is 6.10 Å². The van der Waals surface area contributed by atoms with Crippen LogP contribution in [0.1, 0.15) is 34.1 Å². The molecule has 0 radical (unpaired) electrons. The van der Waals surface area contributed by atoms with Crippen molar-refractivity contribution < 1.29 is 14.7 Å². The summed E-state index contributed by atoms with van der Waals surface area (Å²) in [5.74, 6) is -0.974. The summed E-state index contributed by atoms with van der Waals surface area (Å²) in [5, 5.41) is 13.2. The van der Waals surface area contributed by atoms with Crippen molar-refractivity contribution in [1.82, 2.24) is 4.98 Å². The van der Waals surface area contributed by atoms with Gasteiger partial charge in [0.05, 0.1) is 17.0 Å². The van der Waals surface area contributed by atoms with Crippen LogP contribution >= 0.6 is 15.9 Å². The van der Waals surface area contributed by atoms with Gasteiger partial charge in [-0.25, -0.2) is 4.79 Å². The van der Waals surface area contributed by atoms with E-state index in [1.165, 1.54) is 0 Å². The highest BCUT2D eigenvalue weighted by molar-refractivity contribution is 9.10. The number of hydrogen-bond acceptors (Lipinski definition) is 4. The van der Waals surface area contributed by atoms with Gasteiger partial charge in [0, 0.05) is 22.7 Å². The van der Waals surface area contributed by atoms with Crippen LogP contribution in [0.25, 0.3) is 0 Å². The van der Waals surface area contributed by atoms with Gasteiger partial charge in [0.2, 0.25) is 0 Å². The van der Waals surface area contributed by atoms with Crippen LogP contribution in [0.15, 0.2) is 52.2 Å². The minimum atomic E-state index is -0.974. The molecule has 5 nitrogen and oxygen atoms in total. The summed E-state index contributed by atoms with van der Waals surface area (Å²) in [6.07, 6.45) is 2.04. The molecule has 2 aromatic rings. The van der Waals surface area contributed by atoms with Crippen molar-refractivity contribution >= 4 is 27.6 Å². The minimum absolute atomic E-state index is 0.211. The van der Waals surface area contributed by atoms with Crippen molar-refractivity contribution in [1.29, 1.82) is 0 Å². The van der Waals surface area contributed by atoms with Crippen molar-refractivity contribution in [2.75, 3.05) is 0 Å². The Balaban J connectivity index is 1.85. The van der Waals surface area contributed by atoms with Crippen molar-refractivity contribution in [3.05, 3.63) is 63.9 Å². The van der Waals surface area contributed by atoms with Crippen LogP contribution in [0.2, 0.25) is 0 Å². The van der Waals surface area contributed by atoms with Gasteiger partial charge < -0.3 is 9.94 Å². The summed E-state index contributed by atoms with van der Waals surface area (Å²) in [6, 6.07) is 10.6. The summed E-state index contributed by atoms with van der Waals surface area (Å²) in [6.45, 7) is 0. The number of carboxylic acids is 1. The fourth-order valence-electron chi connectivity index (χ4n) is 2.15. The molecule has 2 heterocycles. The Hall–Kier alpha value is -2.21. The van der Waals surface area contributed by atoms with Gasteiger partial charge in [-0.15, -0.1) is 0 Å². The average molecular weight is 347 g/mol. The van der Waals surface area contributed by atoms with Gasteiger partial charge in [0.1, 0.15) is 0 Å². The molecule has 1 aliphatic heterocycles. The van der Waals surface area contributed by atoms with Gasteiger partial charge >= 0.3 is 5.97 Å². The Morgan fingerprint density at radius 2 is 2.19 bits per heavy atom. The third-order valence-corrected chi connectivity index (χ3v) is 3.62. The highest BCUT2D eigenvalue weighted by atomic mass is 79.9. The summed E-state index contributed by atoms with van der Waals surface area (Å²) in [7, 11) is 0. The first-order chi connectivity index (χ1) is 10.1. The van der Waals surface area contributed by atoms with Crippen molar-refractivity contribution in [2.24, 2.45) is 5.16 Å². The molecule has 106 valence electrons. The predicted octanol–water partition coefficient (Wildman–Crippen LogP) is 3.41. The van der Waals surface area contributed by atoms with Gasteiger partial charge in [-0.05, 0) is 30.3 Å². The number of carbonyl (C=O) groups is 1. The van der Waals surface area contributed by atoms with E-state index in [0.717, 1.165) is 17.0 Å². The van der Waals surface area contributed by atoms with Crippen LogP contribution in [0.4, 0.5) is 0 Å². The summed E-state index contributed by atoms with van der Waals surface area (Å²) in [5.41, 5.74) is 2.47. The van der Waals surface area contributed by atoms with E-state index in [9.17, 15) is 4.79 Å². The monoisotopic (exact) mass is 346 g/mol. The van der Waals surface area contributed by atoms with Crippen molar-refractivity contribution in [2.45, 2.75) is 12.5 Å². The number of hydrogen-bond donors (Lipinski definition) is 1. The Labute approximate surface area is 129 Å². The Morgan fingerprint density at radius 1 is 1.33 bits per heavy atom. The molecule has 6 heteroatoms. The molecule has 0 amide bonds. The van der Waals surface area contributed by atoms with Crippen LogP contribution in [-0.2, 0) is 4.84 Å². The maximum absolute atomic E-state index is 11.1. The number of benzene rings is 1. The third kappa shape index (κ3) is 2.95. The van der Waals surface area contributed by atoms with E-state index in [0.29, 0.717) is 10.9 Å². The van der Waals surface area contributed by atoms with E-state index in [2.05, 4.69) is 26.1 Å². The first kappa shape index (κ1) is 13.8. The van der Waals surface area contributed by atoms with Crippen LogP contribution in [-0.4, -0.2) is 21.8 Å². The molecule has 0 aliphatic carbocycles. The lowest BCUT2D eigenvalue weighted by Crippen LogP contribution is -2.05. The van der Waals surface area contributed by atoms with Crippen molar-refractivity contribution in [3.8, 4) is 0 Å². The molecular formula is C15H11BrN2O3. The maximum Gasteiger partial charge on any atom is 0.335 e. The van der Waals surface area contributed by atoms with Gasteiger partial charge in [0.25, 0.3) is 0 Å². The lowest BCUT2D eigenvalue weighted by Gasteiger charge is -2.06. The second kappa shape index (κ2) is 5.65. The number of aromatic carboxylic acids is 1. The molecule has 0 saturated carbocycles. The smallest absolute Gasteiger partial charge is 0.335 e. The first-order valence-electron chi connectivity index (χ1n) is 6.31. The van der Waals surface area contributed by atoms with E-state index in [1.54, 1.807) is 18.3 Å². The lowest BCUT2D eigenvalue weighted by molar-refractivity contribution is 0.0696. The second-order valence-corrected chi connectivity index (χ2v) is 5.54. The zero-order chi connectivity index (χ0) is 14.8. The number of oxime groups is 1. The standard InChI is InChI=1S/C15H11BrN2O3/c16-11-6-9(5-10(7-11)15(19)20)13-8-14(21-18-13)12-3-1-2-4-17-12/h1-7,14H,8H2,(H,19,20)/t14-/m1/s1. The van der Waals surface area contributed by atoms with Gasteiger partial charge in [-0.3, -0.25) is 4.98 Å². The summed E-state index contributed by atoms with van der Waals surface area (Å²) >= 11 is 3.32. The van der Waals surface area contributed by atoms with Crippen molar-refractivity contribution in [3.63, 3.8) is 0 Å². The minimum Gasteiger partial charge on any atom is -0.478 e. The van der Waals surface area contributed by atoms with E-state index in [-0.39, 0.29) is 11.7 Å². The fraction of sp³-hybridized carbons (Fsp3) is 0.133. The van der Waals surface area contributed by atoms with E-state index < -0.39 is 5.97 Å². The molecule has 1 aromatic heterocycles. The number of aromatic nitrogens is 1. The molecule has 1 aromatic carbocycles. The molecule has 1 aliphatic rings. The highest BCUT2D eigenvalue weighted by Crippen LogP contribution is 2.29. The zero-order valence-electron chi connectivity index (χ0n) is 10.9. The number of pyridine rings is 1. The maximum atomic E-state index is 11.1. The molecule has 1 N–H and O–H groups in total. The summed E-state index contributed by atoms with van der Waals surface area (Å²) in [4.78, 5) is 20.8. The molecule has 0 spiro atoms. The highest BCUT2D eigenvalue weighted by Gasteiger charge is 2.25. The number of halogens is 1. The zero-order valence-corrected chi connectivity index (χ0v) is 12.4. The second-order valence-electron chi connectivity index (χ2n) is 4.62.